The van der Waals surface area contributed by atoms with Gasteiger partial charge in [0.05, 0.1) is 25.4 Å². The van der Waals surface area contributed by atoms with E-state index in [0.29, 0.717) is 16.9 Å². The molecule has 0 radical (unpaired) electrons. The second-order valence-corrected chi connectivity index (χ2v) is 5.79. The van der Waals surface area contributed by atoms with Crippen LogP contribution in [0.15, 0.2) is 53.9 Å². The van der Waals surface area contributed by atoms with Crippen molar-refractivity contribution >= 4 is 18.1 Å². The van der Waals surface area contributed by atoms with E-state index >= 15 is 0 Å². The summed E-state index contributed by atoms with van der Waals surface area (Å²) in [5.41, 5.74) is 3.77. The summed E-state index contributed by atoms with van der Waals surface area (Å²) in [4.78, 5) is 25.7. The molecule has 0 unspecified atom stereocenters. The molecule has 1 heterocycles. The lowest BCUT2D eigenvalue weighted by atomic mass is 10.1. The van der Waals surface area contributed by atoms with Gasteiger partial charge in [0, 0.05) is 10.7 Å². The summed E-state index contributed by atoms with van der Waals surface area (Å²) in [5.74, 6) is -0.635. The SMILES string of the molecule is COc1ccc(/C=N\NC(=O)c2ccccc2O)cc1Cn1cnc([N+](=O)[O-])n1. The Morgan fingerprint density at radius 1 is 1.38 bits per heavy atom. The molecule has 0 aliphatic carbocycles. The molecule has 3 aromatic rings. The highest BCUT2D eigenvalue weighted by Crippen LogP contribution is 2.20. The van der Waals surface area contributed by atoms with Crippen molar-refractivity contribution in [1.29, 1.82) is 0 Å². The predicted octanol–water partition coefficient (Wildman–Crippen LogP) is 1.71. The van der Waals surface area contributed by atoms with Crippen molar-refractivity contribution in [3.05, 3.63) is 75.6 Å². The van der Waals surface area contributed by atoms with Crippen molar-refractivity contribution in [1.82, 2.24) is 20.2 Å². The van der Waals surface area contributed by atoms with E-state index in [2.05, 4.69) is 20.6 Å². The summed E-state index contributed by atoms with van der Waals surface area (Å²) in [6.45, 7) is 0.190. The first-order valence-corrected chi connectivity index (χ1v) is 8.30. The topological polar surface area (TPSA) is 145 Å². The molecule has 29 heavy (non-hydrogen) atoms. The van der Waals surface area contributed by atoms with Crippen molar-refractivity contribution in [2.24, 2.45) is 5.10 Å². The molecule has 0 fully saturated rings. The summed E-state index contributed by atoms with van der Waals surface area (Å²) in [5, 5.41) is 28.1. The maximum Gasteiger partial charge on any atom is 0.490 e. The quantitative estimate of drug-likeness (QED) is 0.351. The minimum atomic E-state index is -0.677. The molecule has 148 valence electrons. The van der Waals surface area contributed by atoms with Crippen molar-refractivity contribution in [3.8, 4) is 11.5 Å². The number of hydrazone groups is 1. The second kappa shape index (κ2) is 8.61. The first-order chi connectivity index (χ1) is 14.0. The summed E-state index contributed by atoms with van der Waals surface area (Å²) in [6.07, 6.45) is 2.68. The first kappa shape index (κ1) is 19.5. The zero-order valence-electron chi connectivity index (χ0n) is 15.2. The lowest BCUT2D eigenvalue weighted by Crippen LogP contribution is -2.17. The van der Waals surface area contributed by atoms with E-state index in [1.165, 1.54) is 36.5 Å². The third kappa shape index (κ3) is 4.71. The molecular formula is C18H16N6O5. The lowest BCUT2D eigenvalue weighted by Gasteiger charge is -2.08. The number of rotatable bonds is 7. The number of nitro groups is 1. The molecule has 3 rings (SSSR count). The van der Waals surface area contributed by atoms with Gasteiger partial charge in [-0.05, 0) is 40.8 Å². The maximum atomic E-state index is 12.0. The van der Waals surface area contributed by atoms with Crippen LogP contribution >= 0.6 is 0 Å². The summed E-state index contributed by atoms with van der Waals surface area (Å²) < 4.78 is 6.62. The molecular weight excluding hydrogens is 380 g/mol. The third-order valence-corrected chi connectivity index (χ3v) is 3.85. The van der Waals surface area contributed by atoms with Gasteiger partial charge in [0.25, 0.3) is 5.91 Å². The summed E-state index contributed by atoms with van der Waals surface area (Å²) >= 11 is 0. The minimum absolute atomic E-state index is 0.104. The molecule has 0 saturated carbocycles. The van der Waals surface area contributed by atoms with E-state index in [4.69, 9.17) is 4.74 Å². The monoisotopic (exact) mass is 396 g/mol. The lowest BCUT2D eigenvalue weighted by molar-refractivity contribution is -0.394. The first-order valence-electron chi connectivity index (χ1n) is 8.30. The van der Waals surface area contributed by atoms with Crippen LogP contribution in [-0.2, 0) is 6.54 Å². The molecule has 11 nitrogen and oxygen atoms in total. The number of methoxy groups -OCH3 is 1. The van der Waals surface area contributed by atoms with E-state index in [0.717, 1.165) is 0 Å². The van der Waals surface area contributed by atoms with Crippen molar-refractivity contribution < 1.29 is 19.6 Å². The van der Waals surface area contributed by atoms with Crippen LogP contribution in [0, 0.1) is 10.1 Å². The van der Waals surface area contributed by atoms with Crippen molar-refractivity contribution in [2.75, 3.05) is 7.11 Å². The van der Waals surface area contributed by atoms with E-state index < -0.39 is 16.8 Å². The highest BCUT2D eigenvalue weighted by atomic mass is 16.6. The van der Waals surface area contributed by atoms with E-state index in [1.54, 1.807) is 30.3 Å². The summed E-state index contributed by atoms with van der Waals surface area (Å²) in [7, 11) is 1.50. The Labute approximate surface area is 164 Å². The van der Waals surface area contributed by atoms with Gasteiger partial charge in [0.1, 0.15) is 11.5 Å². The molecule has 2 N–H and O–H groups in total. The van der Waals surface area contributed by atoms with Crippen molar-refractivity contribution in [2.45, 2.75) is 6.54 Å². The standard InChI is InChI=1S/C18H16N6O5/c1-29-16-7-6-12(8-13(16)10-23-11-19-18(22-23)24(27)28)9-20-21-17(26)14-4-2-3-5-15(14)25/h2-9,11,25H,10H2,1H3,(H,21,26)/b20-9-. The Morgan fingerprint density at radius 3 is 2.86 bits per heavy atom. The largest absolute Gasteiger partial charge is 0.507 e. The fraction of sp³-hybridized carbons (Fsp3) is 0.111. The molecule has 0 aliphatic rings. The van der Waals surface area contributed by atoms with E-state index in [-0.39, 0.29) is 17.9 Å². The highest BCUT2D eigenvalue weighted by molar-refractivity contribution is 5.97. The van der Waals surface area contributed by atoms with Gasteiger partial charge in [-0.25, -0.2) is 5.43 Å². The number of para-hydroxylation sites is 1. The van der Waals surface area contributed by atoms with Crippen LogP contribution in [0.4, 0.5) is 5.95 Å². The molecule has 1 aromatic heterocycles. The molecule has 0 bridgehead atoms. The number of hydrogen-bond donors (Lipinski definition) is 2. The van der Waals surface area contributed by atoms with Gasteiger partial charge in [-0.1, -0.05) is 17.1 Å². The van der Waals surface area contributed by atoms with Crippen LogP contribution in [0.2, 0.25) is 0 Å². The van der Waals surface area contributed by atoms with E-state index in [1.807, 2.05) is 0 Å². The number of nitrogens with zero attached hydrogens (tertiary/aromatic N) is 5. The number of aromatic hydroxyl groups is 1. The Bertz CT molecular complexity index is 1080. The zero-order chi connectivity index (χ0) is 20.8. The van der Waals surface area contributed by atoms with Gasteiger partial charge in [-0.2, -0.15) is 9.78 Å². The number of ether oxygens (including phenoxy) is 1. The molecule has 1 amide bonds. The number of benzene rings is 2. The zero-order valence-corrected chi connectivity index (χ0v) is 15.2. The minimum Gasteiger partial charge on any atom is -0.507 e. The fourth-order valence-electron chi connectivity index (χ4n) is 2.51. The average molecular weight is 396 g/mol. The van der Waals surface area contributed by atoms with Gasteiger partial charge in [-0.3, -0.25) is 4.79 Å². The molecule has 11 heteroatoms. The van der Waals surface area contributed by atoms with E-state index in [9.17, 15) is 20.0 Å². The number of nitrogens with one attached hydrogen (secondary N) is 1. The predicted molar refractivity (Wildman–Crippen MR) is 102 cm³/mol. The number of hydrogen-bond acceptors (Lipinski definition) is 8. The third-order valence-electron chi connectivity index (χ3n) is 3.85. The molecule has 2 aromatic carbocycles. The molecule has 0 aliphatic heterocycles. The van der Waals surface area contributed by atoms with Crippen LogP contribution in [0.3, 0.4) is 0 Å². The van der Waals surface area contributed by atoms with Gasteiger partial charge >= 0.3 is 5.95 Å². The van der Waals surface area contributed by atoms with Gasteiger partial charge < -0.3 is 20.0 Å². The van der Waals surface area contributed by atoms with Gasteiger partial charge in [-0.15, -0.1) is 0 Å². The number of amides is 1. The Kier molecular flexibility index (Phi) is 5.78. The van der Waals surface area contributed by atoms with Gasteiger partial charge in [0.15, 0.2) is 0 Å². The Hall–Kier alpha value is -4.28. The molecule has 0 atom stereocenters. The number of carbonyl (C=O) groups excluding carboxylic acids is 1. The molecule has 0 saturated heterocycles. The fourth-order valence-corrected chi connectivity index (χ4v) is 2.51. The maximum absolute atomic E-state index is 12.0. The van der Waals surface area contributed by atoms with Crippen LogP contribution in [0.1, 0.15) is 21.5 Å². The van der Waals surface area contributed by atoms with Crippen LogP contribution < -0.4 is 10.2 Å². The average Bonchev–Trinajstić information content (AvgIpc) is 3.17. The van der Waals surface area contributed by atoms with Crippen LogP contribution in [-0.4, -0.2) is 44.0 Å². The highest BCUT2D eigenvalue weighted by Gasteiger charge is 2.15. The van der Waals surface area contributed by atoms with Crippen LogP contribution in [0.5, 0.6) is 11.5 Å². The molecule has 0 spiro atoms. The number of phenols is 1. The number of phenolic OH excluding ortho intramolecular Hbond substituents is 1. The van der Waals surface area contributed by atoms with Crippen LogP contribution in [0.25, 0.3) is 0 Å². The van der Waals surface area contributed by atoms with Gasteiger partial charge in [0.2, 0.25) is 6.33 Å². The number of carbonyl (C=O) groups is 1. The normalized spacial score (nSPS) is 10.8. The summed E-state index contributed by atoms with van der Waals surface area (Å²) in [6, 6.07) is 11.3. The smallest absolute Gasteiger partial charge is 0.490 e. The Morgan fingerprint density at radius 2 is 2.17 bits per heavy atom. The second-order valence-electron chi connectivity index (χ2n) is 5.79. The number of aromatic nitrogens is 3. The Balaban J connectivity index is 1.73. The van der Waals surface area contributed by atoms with Crippen molar-refractivity contribution in [3.63, 3.8) is 0 Å².